The van der Waals surface area contributed by atoms with Crippen molar-refractivity contribution in [3.63, 3.8) is 0 Å². The molecule has 0 aliphatic heterocycles. The van der Waals surface area contributed by atoms with E-state index in [0.29, 0.717) is 17.1 Å². The van der Waals surface area contributed by atoms with Crippen LogP contribution in [0.5, 0.6) is 17.2 Å². The second-order valence-electron chi connectivity index (χ2n) is 8.50. The van der Waals surface area contributed by atoms with Gasteiger partial charge in [0.25, 0.3) is 0 Å². The van der Waals surface area contributed by atoms with Crippen molar-refractivity contribution in [3.05, 3.63) is 89.5 Å². The van der Waals surface area contributed by atoms with Crippen LogP contribution in [-0.4, -0.2) is 27.6 Å². The Morgan fingerprint density at radius 3 is 2.09 bits per heavy atom. The summed E-state index contributed by atoms with van der Waals surface area (Å²) >= 11 is 0. The molecule has 2 N–H and O–H groups in total. The minimum absolute atomic E-state index is 0.0316. The fourth-order valence-electron chi connectivity index (χ4n) is 3.13. The molecule has 0 heterocycles. The standard InChI is InChI=1S/C26H26O6/c1-25(2,30)19-10-6-12-21(15-19)31-24(29)18-9-5-8-17(14-18)23(28)26(3,4)32-22-13-7-11-20(27)16-22/h5-16,27,30H,1-4H3. The third kappa shape index (κ3) is 5.53. The van der Waals surface area contributed by atoms with Gasteiger partial charge in [0.15, 0.2) is 5.60 Å². The molecular formula is C26H26O6. The van der Waals surface area contributed by atoms with Crippen molar-refractivity contribution < 1.29 is 29.3 Å². The summed E-state index contributed by atoms with van der Waals surface area (Å²) in [6.45, 7) is 6.52. The highest BCUT2D eigenvalue weighted by Crippen LogP contribution is 2.26. The van der Waals surface area contributed by atoms with Crippen LogP contribution in [0.2, 0.25) is 0 Å². The van der Waals surface area contributed by atoms with Gasteiger partial charge in [-0.05, 0) is 69.7 Å². The molecule has 32 heavy (non-hydrogen) atoms. The summed E-state index contributed by atoms with van der Waals surface area (Å²) < 4.78 is 11.2. The topological polar surface area (TPSA) is 93.1 Å². The predicted octanol–water partition coefficient (Wildman–Crippen LogP) is 4.88. The molecule has 0 atom stereocenters. The second-order valence-corrected chi connectivity index (χ2v) is 8.50. The molecule has 0 unspecified atom stereocenters. The van der Waals surface area contributed by atoms with Gasteiger partial charge in [-0.2, -0.15) is 0 Å². The third-order valence-corrected chi connectivity index (χ3v) is 4.85. The van der Waals surface area contributed by atoms with Gasteiger partial charge in [-0.3, -0.25) is 4.79 Å². The van der Waals surface area contributed by atoms with Crippen LogP contribution in [-0.2, 0) is 5.60 Å². The predicted molar refractivity (Wildman–Crippen MR) is 120 cm³/mol. The molecule has 6 heteroatoms. The lowest BCUT2D eigenvalue weighted by atomic mass is 9.95. The molecular weight excluding hydrogens is 408 g/mol. The minimum Gasteiger partial charge on any atom is -0.508 e. The molecule has 166 valence electrons. The molecule has 3 rings (SSSR count). The summed E-state index contributed by atoms with van der Waals surface area (Å²) in [6.07, 6.45) is 0. The van der Waals surface area contributed by atoms with Gasteiger partial charge in [-0.25, -0.2) is 4.79 Å². The Bertz CT molecular complexity index is 1140. The maximum Gasteiger partial charge on any atom is 0.343 e. The van der Waals surface area contributed by atoms with E-state index in [1.165, 1.54) is 18.2 Å². The highest BCUT2D eigenvalue weighted by molar-refractivity contribution is 6.04. The van der Waals surface area contributed by atoms with Gasteiger partial charge in [0.05, 0.1) is 11.2 Å². The van der Waals surface area contributed by atoms with E-state index in [1.807, 2.05) is 0 Å². The lowest BCUT2D eigenvalue weighted by Crippen LogP contribution is -2.38. The average Bonchev–Trinajstić information content (AvgIpc) is 2.72. The molecule has 0 bridgehead atoms. The van der Waals surface area contributed by atoms with E-state index in [1.54, 1.807) is 82.3 Å². The van der Waals surface area contributed by atoms with E-state index in [9.17, 15) is 19.8 Å². The Hall–Kier alpha value is -3.64. The number of esters is 1. The lowest BCUT2D eigenvalue weighted by molar-refractivity contribution is 0.0583. The number of carbonyl (C=O) groups is 2. The highest BCUT2D eigenvalue weighted by Gasteiger charge is 2.31. The van der Waals surface area contributed by atoms with Crippen LogP contribution in [0, 0.1) is 0 Å². The van der Waals surface area contributed by atoms with Crippen molar-refractivity contribution in [2.24, 2.45) is 0 Å². The number of hydrogen-bond donors (Lipinski definition) is 2. The van der Waals surface area contributed by atoms with Crippen molar-refractivity contribution >= 4 is 11.8 Å². The molecule has 3 aromatic carbocycles. The fourth-order valence-corrected chi connectivity index (χ4v) is 3.13. The molecule has 0 amide bonds. The molecule has 0 saturated carbocycles. The molecule has 6 nitrogen and oxygen atoms in total. The van der Waals surface area contributed by atoms with Crippen molar-refractivity contribution in [3.8, 4) is 17.2 Å². The van der Waals surface area contributed by atoms with E-state index in [0.717, 1.165) is 0 Å². The first kappa shape index (κ1) is 23.0. The number of aromatic hydroxyl groups is 1. The van der Waals surface area contributed by atoms with Gasteiger partial charge in [0.2, 0.25) is 5.78 Å². The smallest absolute Gasteiger partial charge is 0.343 e. The summed E-state index contributed by atoms with van der Waals surface area (Å²) in [5.74, 6) is -0.285. The van der Waals surface area contributed by atoms with Gasteiger partial charge < -0.3 is 19.7 Å². The van der Waals surface area contributed by atoms with Gasteiger partial charge in [-0.1, -0.05) is 30.3 Å². The van der Waals surface area contributed by atoms with E-state index in [-0.39, 0.29) is 22.7 Å². The molecule has 3 aromatic rings. The quantitative estimate of drug-likeness (QED) is 0.313. The summed E-state index contributed by atoms with van der Waals surface area (Å²) in [6, 6.07) is 19.1. The third-order valence-electron chi connectivity index (χ3n) is 4.85. The minimum atomic E-state index is -1.24. The number of benzene rings is 3. The SMILES string of the molecule is CC(C)(Oc1cccc(O)c1)C(=O)c1cccc(C(=O)Oc2cccc(C(C)(C)O)c2)c1. The Morgan fingerprint density at radius 1 is 0.781 bits per heavy atom. The van der Waals surface area contributed by atoms with Crippen molar-refractivity contribution in [2.45, 2.75) is 38.9 Å². The van der Waals surface area contributed by atoms with E-state index >= 15 is 0 Å². The van der Waals surface area contributed by atoms with E-state index in [2.05, 4.69) is 0 Å². The molecule has 0 fully saturated rings. The molecule has 0 saturated heterocycles. The van der Waals surface area contributed by atoms with Gasteiger partial charge in [-0.15, -0.1) is 0 Å². The summed E-state index contributed by atoms with van der Waals surface area (Å²) in [7, 11) is 0. The summed E-state index contributed by atoms with van der Waals surface area (Å²) in [5, 5.41) is 19.8. The van der Waals surface area contributed by atoms with Crippen LogP contribution in [0.4, 0.5) is 0 Å². The van der Waals surface area contributed by atoms with Crippen molar-refractivity contribution in [2.75, 3.05) is 0 Å². The summed E-state index contributed by atoms with van der Waals surface area (Å²) in [5.41, 5.74) is -1.21. The first-order valence-corrected chi connectivity index (χ1v) is 10.1. The molecule has 0 aromatic heterocycles. The number of ketones is 1. The fraction of sp³-hybridized carbons (Fsp3) is 0.231. The molecule has 0 aliphatic rings. The monoisotopic (exact) mass is 434 g/mol. The first-order valence-electron chi connectivity index (χ1n) is 10.1. The zero-order valence-electron chi connectivity index (χ0n) is 18.5. The van der Waals surface area contributed by atoms with Crippen LogP contribution in [0.3, 0.4) is 0 Å². The molecule has 0 radical (unpaired) electrons. The zero-order chi connectivity index (χ0) is 23.5. The van der Waals surface area contributed by atoms with Gasteiger partial charge in [0.1, 0.15) is 17.2 Å². The summed E-state index contributed by atoms with van der Waals surface area (Å²) in [4.78, 5) is 25.7. The lowest BCUT2D eigenvalue weighted by Gasteiger charge is -2.25. The van der Waals surface area contributed by atoms with Crippen LogP contribution in [0.25, 0.3) is 0 Å². The van der Waals surface area contributed by atoms with Gasteiger partial charge in [0, 0.05) is 11.6 Å². The Morgan fingerprint density at radius 2 is 1.41 bits per heavy atom. The van der Waals surface area contributed by atoms with Crippen molar-refractivity contribution in [1.29, 1.82) is 0 Å². The van der Waals surface area contributed by atoms with Crippen LogP contribution in [0.15, 0.2) is 72.8 Å². The number of aliphatic hydroxyl groups is 1. The number of rotatable bonds is 7. The highest BCUT2D eigenvalue weighted by atomic mass is 16.5. The van der Waals surface area contributed by atoms with E-state index in [4.69, 9.17) is 9.47 Å². The van der Waals surface area contributed by atoms with Gasteiger partial charge >= 0.3 is 5.97 Å². The Balaban J connectivity index is 1.78. The maximum atomic E-state index is 13.1. The number of phenols is 1. The van der Waals surface area contributed by atoms with Crippen molar-refractivity contribution in [1.82, 2.24) is 0 Å². The Labute approximate surface area is 187 Å². The number of ether oxygens (including phenoxy) is 2. The number of carbonyl (C=O) groups excluding carboxylic acids is 2. The van der Waals surface area contributed by atoms with E-state index < -0.39 is 17.2 Å². The first-order chi connectivity index (χ1) is 15.0. The zero-order valence-corrected chi connectivity index (χ0v) is 18.5. The molecule has 0 spiro atoms. The Kier molecular flexibility index (Phi) is 6.37. The largest absolute Gasteiger partial charge is 0.508 e. The average molecular weight is 434 g/mol. The number of Topliss-reactive ketones (excluding diaryl/α,β-unsaturated/α-hetero) is 1. The number of hydrogen-bond acceptors (Lipinski definition) is 6. The number of phenolic OH excluding ortho intramolecular Hbond substituents is 1. The van der Waals surface area contributed by atoms with Crippen LogP contribution >= 0.6 is 0 Å². The molecule has 0 aliphatic carbocycles. The van der Waals surface area contributed by atoms with Crippen LogP contribution in [0.1, 0.15) is 54.0 Å². The van der Waals surface area contributed by atoms with Crippen LogP contribution < -0.4 is 9.47 Å². The normalized spacial score (nSPS) is 11.7. The maximum absolute atomic E-state index is 13.1. The second kappa shape index (κ2) is 8.85.